The molecule has 3 rings (SSSR count). The zero-order valence-corrected chi connectivity index (χ0v) is 11.6. The lowest BCUT2D eigenvalue weighted by molar-refractivity contribution is -0.137. The molecule has 0 fully saturated rings. The van der Waals surface area contributed by atoms with Crippen molar-refractivity contribution >= 4 is 10.9 Å². The third kappa shape index (κ3) is 3.11. The third-order valence-electron chi connectivity index (χ3n) is 3.51. The van der Waals surface area contributed by atoms with Crippen LogP contribution in [0.15, 0.2) is 60.8 Å². The molecule has 0 atom stereocenters. The van der Waals surface area contributed by atoms with Gasteiger partial charge in [-0.15, -0.1) is 0 Å². The lowest BCUT2D eigenvalue weighted by Gasteiger charge is -2.09. The molecule has 1 aromatic heterocycles. The maximum absolute atomic E-state index is 12.7. The Morgan fingerprint density at radius 1 is 0.955 bits per heavy atom. The van der Waals surface area contributed by atoms with Crippen molar-refractivity contribution < 1.29 is 13.2 Å². The normalized spacial score (nSPS) is 11.8. The van der Waals surface area contributed by atoms with Gasteiger partial charge in [-0.25, -0.2) is 0 Å². The standard InChI is InChI=1S/C18H13F3N/c19-18(20,21)15-5-3-4-13(12-15)8-9-14-10-11-22-17-7-2-1-6-16(14)17/h1-8,10-12H,9H2. The van der Waals surface area contributed by atoms with Crippen LogP contribution in [-0.4, -0.2) is 4.98 Å². The van der Waals surface area contributed by atoms with Crippen molar-refractivity contribution in [2.24, 2.45) is 0 Å². The molecular weight excluding hydrogens is 287 g/mol. The summed E-state index contributed by atoms with van der Waals surface area (Å²) in [6, 6.07) is 15.0. The van der Waals surface area contributed by atoms with E-state index in [2.05, 4.69) is 4.98 Å². The molecule has 22 heavy (non-hydrogen) atoms. The number of pyridine rings is 1. The Morgan fingerprint density at radius 3 is 2.59 bits per heavy atom. The van der Waals surface area contributed by atoms with Crippen LogP contribution in [0.1, 0.15) is 16.7 Å². The molecular formula is C18H13F3N. The summed E-state index contributed by atoms with van der Waals surface area (Å²) in [5.74, 6) is 0. The predicted molar refractivity (Wildman–Crippen MR) is 80.3 cm³/mol. The van der Waals surface area contributed by atoms with Crippen molar-refractivity contribution in [3.63, 3.8) is 0 Å². The molecule has 0 unspecified atom stereocenters. The Balaban J connectivity index is 1.83. The molecule has 111 valence electrons. The Hall–Kier alpha value is -2.36. The number of hydrogen-bond acceptors (Lipinski definition) is 1. The van der Waals surface area contributed by atoms with Crippen LogP contribution in [0.25, 0.3) is 10.9 Å². The second-order valence-corrected chi connectivity index (χ2v) is 5.02. The molecule has 0 aliphatic heterocycles. The number of benzene rings is 2. The van der Waals surface area contributed by atoms with E-state index < -0.39 is 11.7 Å². The first-order chi connectivity index (χ1) is 10.5. The molecule has 0 aliphatic carbocycles. The first kappa shape index (κ1) is 14.6. The molecule has 1 heterocycles. The highest BCUT2D eigenvalue weighted by Crippen LogP contribution is 2.30. The fraction of sp³-hybridized carbons (Fsp3) is 0.111. The van der Waals surface area contributed by atoms with Crippen LogP contribution >= 0.6 is 0 Å². The minimum absolute atomic E-state index is 0.560. The van der Waals surface area contributed by atoms with Gasteiger partial charge in [0.05, 0.1) is 11.1 Å². The van der Waals surface area contributed by atoms with Gasteiger partial charge in [0, 0.05) is 11.6 Å². The first-order valence-electron chi connectivity index (χ1n) is 6.87. The molecule has 1 radical (unpaired) electrons. The van der Waals surface area contributed by atoms with Gasteiger partial charge in [-0.2, -0.15) is 13.2 Å². The van der Waals surface area contributed by atoms with E-state index in [1.54, 1.807) is 18.7 Å². The van der Waals surface area contributed by atoms with E-state index in [0.717, 1.165) is 22.5 Å². The van der Waals surface area contributed by atoms with E-state index in [1.165, 1.54) is 12.1 Å². The Kier molecular flexibility index (Phi) is 3.84. The fourth-order valence-electron chi connectivity index (χ4n) is 2.40. The van der Waals surface area contributed by atoms with Gasteiger partial charge in [-0.05, 0) is 42.2 Å². The molecule has 2 aromatic carbocycles. The topological polar surface area (TPSA) is 12.9 Å². The Morgan fingerprint density at radius 2 is 1.77 bits per heavy atom. The van der Waals surface area contributed by atoms with Gasteiger partial charge in [-0.3, -0.25) is 4.98 Å². The van der Waals surface area contributed by atoms with Crippen molar-refractivity contribution in [1.29, 1.82) is 0 Å². The molecule has 1 nitrogen and oxygen atoms in total. The summed E-state index contributed by atoms with van der Waals surface area (Å²) in [6.45, 7) is 0. The number of para-hydroxylation sites is 1. The van der Waals surface area contributed by atoms with Gasteiger partial charge in [0.25, 0.3) is 0 Å². The molecule has 0 N–H and O–H groups in total. The van der Waals surface area contributed by atoms with E-state index >= 15 is 0 Å². The van der Waals surface area contributed by atoms with Crippen molar-refractivity contribution in [1.82, 2.24) is 4.98 Å². The highest BCUT2D eigenvalue weighted by molar-refractivity contribution is 5.82. The smallest absolute Gasteiger partial charge is 0.256 e. The quantitative estimate of drug-likeness (QED) is 0.659. The van der Waals surface area contributed by atoms with Crippen LogP contribution in [0, 0.1) is 6.42 Å². The molecule has 0 saturated carbocycles. The lowest BCUT2D eigenvalue weighted by atomic mass is 10.00. The fourth-order valence-corrected chi connectivity index (χ4v) is 2.40. The second-order valence-electron chi connectivity index (χ2n) is 5.02. The lowest BCUT2D eigenvalue weighted by Crippen LogP contribution is -2.05. The molecule has 0 saturated heterocycles. The minimum atomic E-state index is -4.31. The van der Waals surface area contributed by atoms with Crippen LogP contribution in [0.5, 0.6) is 0 Å². The van der Waals surface area contributed by atoms with Crippen molar-refractivity contribution in [3.05, 3.63) is 83.9 Å². The van der Waals surface area contributed by atoms with Crippen molar-refractivity contribution in [3.8, 4) is 0 Å². The average molecular weight is 300 g/mol. The highest BCUT2D eigenvalue weighted by Gasteiger charge is 2.30. The molecule has 0 aliphatic rings. The summed E-state index contributed by atoms with van der Waals surface area (Å²) in [5.41, 5.74) is 1.87. The predicted octanol–water partition coefficient (Wildman–Crippen LogP) is 5.05. The van der Waals surface area contributed by atoms with Crippen LogP contribution in [0.4, 0.5) is 13.2 Å². The number of rotatable bonds is 3. The van der Waals surface area contributed by atoms with Crippen LogP contribution in [0.2, 0.25) is 0 Å². The second kappa shape index (κ2) is 5.79. The number of fused-ring (bicyclic) bond motifs is 1. The molecule has 4 heteroatoms. The zero-order valence-electron chi connectivity index (χ0n) is 11.6. The molecule has 3 aromatic rings. The van der Waals surface area contributed by atoms with Gasteiger partial charge in [0.2, 0.25) is 0 Å². The number of alkyl halides is 3. The largest absolute Gasteiger partial charge is 0.416 e. The van der Waals surface area contributed by atoms with Crippen molar-refractivity contribution in [2.75, 3.05) is 0 Å². The van der Waals surface area contributed by atoms with E-state index in [4.69, 9.17) is 0 Å². The van der Waals surface area contributed by atoms with Gasteiger partial charge in [0.15, 0.2) is 0 Å². The van der Waals surface area contributed by atoms with Gasteiger partial charge in [0.1, 0.15) is 0 Å². The maximum atomic E-state index is 12.7. The summed E-state index contributed by atoms with van der Waals surface area (Å²) in [6.07, 6.45) is -0.230. The van der Waals surface area contributed by atoms with Crippen molar-refractivity contribution in [2.45, 2.75) is 12.6 Å². The van der Waals surface area contributed by atoms with E-state index in [1.807, 2.05) is 30.3 Å². The average Bonchev–Trinajstić information content (AvgIpc) is 2.52. The number of nitrogens with zero attached hydrogens (tertiary/aromatic N) is 1. The zero-order chi connectivity index (χ0) is 15.6. The van der Waals surface area contributed by atoms with Gasteiger partial charge >= 0.3 is 6.18 Å². The maximum Gasteiger partial charge on any atom is 0.416 e. The van der Waals surface area contributed by atoms with E-state index in [0.29, 0.717) is 12.0 Å². The number of aromatic nitrogens is 1. The summed E-state index contributed by atoms with van der Waals surface area (Å²) in [7, 11) is 0. The van der Waals surface area contributed by atoms with Crippen LogP contribution in [-0.2, 0) is 12.6 Å². The summed E-state index contributed by atoms with van der Waals surface area (Å²) in [5, 5.41) is 1.02. The van der Waals surface area contributed by atoms with E-state index in [-0.39, 0.29) is 0 Å². The summed E-state index contributed by atoms with van der Waals surface area (Å²) in [4.78, 5) is 4.28. The van der Waals surface area contributed by atoms with Gasteiger partial charge in [-0.1, -0.05) is 36.4 Å². The van der Waals surface area contributed by atoms with Crippen LogP contribution < -0.4 is 0 Å². The highest BCUT2D eigenvalue weighted by atomic mass is 19.4. The molecule has 0 bridgehead atoms. The molecule has 0 spiro atoms. The van der Waals surface area contributed by atoms with Crippen LogP contribution in [0.3, 0.4) is 0 Å². The number of halogens is 3. The Labute approximate surface area is 126 Å². The Bertz CT molecular complexity index is 788. The first-order valence-corrected chi connectivity index (χ1v) is 6.87. The monoisotopic (exact) mass is 300 g/mol. The number of hydrogen-bond donors (Lipinski definition) is 0. The van der Waals surface area contributed by atoms with E-state index in [9.17, 15) is 13.2 Å². The SMILES string of the molecule is FC(F)(F)c1cccc([CH]Cc2ccnc3ccccc23)c1. The summed E-state index contributed by atoms with van der Waals surface area (Å²) < 4.78 is 38.2. The minimum Gasteiger partial charge on any atom is -0.256 e. The summed E-state index contributed by atoms with van der Waals surface area (Å²) >= 11 is 0. The van der Waals surface area contributed by atoms with Gasteiger partial charge < -0.3 is 0 Å². The third-order valence-corrected chi connectivity index (χ3v) is 3.51. The molecule has 0 amide bonds.